The minimum Gasteiger partial charge on any atom is -0.405 e. The van der Waals surface area contributed by atoms with E-state index in [2.05, 4.69) is 21.1 Å². The zero-order valence-electron chi connectivity index (χ0n) is 5.89. The molecule has 2 N–H and O–H groups in total. The van der Waals surface area contributed by atoms with Crippen molar-refractivity contribution < 1.29 is 4.48 Å². The molecular formula is C6H15N2+. The van der Waals surface area contributed by atoms with Gasteiger partial charge in [-0.1, -0.05) is 0 Å². The Morgan fingerprint density at radius 1 is 1.38 bits per heavy atom. The Morgan fingerprint density at radius 3 is 2.00 bits per heavy atom. The van der Waals surface area contributed by atoms with Crippen molar-refractivity contribution in [3.05, 3.63) is 12.3 Å². The van der Waals surface area contributed by atoms with Crippen LogP contribution in [0.4, 0.5) is 0 Å². The van der Waals surface area contributed by atoms with Crippen LogP contribution in [0, 0.1) is 0 Å². The van der Waals surface area contributed by atoms with Crippen molar-refractivity contribution >= 4 is 0 Å². The number of nitrogens with two attached hydrogens (primary N) is 1. The molecule has 0 aromatic heterocycles. The molecule has 0 aromatic rings. The first-order chi connectivity index (χ1) is 3.56. The van der Waals surface area contributed by atoms with Crippen LogP contribution in [0.2, 0.25) is 0 Å². The molecule has 8 heavy (non-hydrogen) atoms. The Kier molecular flexibility index (Phi) is 2.55. The number of likely N-dealkylation sites (N-methyl/N-ethyl adjacent to an activating group) is 1. The number of hydrogen-bond acceptors (Lipinski definition) is 1. The van der Waals surface area contributed by atoms with Crippen LogP contribution in [-0.2, 0) is 0 Å². The topological polar surface area (TPSA) is 26.0 Å². The van der Waals surface area contributed by atoms with Gasteiger partial charge < -0.3 is 10.2 Å². The second kappa shape index (κ2) is 2.72. The summed E-state index contributed by atoms with van der Waals surface area (Å²) >= 11 is 0. The van der Waals surface area contributed by atoms with Gasteiger partial charge in [-0.05, 0) is 12.3 Å². The van der Waals surface area contributed by atoms with Crippen molar-refractivity contribution in [3.8, 4) is 0 Å². The normalized spacial score (nSPS) is 12.9. The summed E-state index contributed by atoms with van der Waals surface area (Å²) in [5.41, 5.74) is 5.15. The van der Waals surface area contributed by atoms with E-state index in [1.807, 2.05) is 6.08 Å². The fraction of sp³-hybridized carbons (Fsp3) is 0.667. The second-order valence-electron chi connectivity index (χ2n) is 2.90. The predicted octanol–water partition coefficient (Wildman–Crippen LogP) is 0.165. The monoisotopic (exact) mass is 115 g/mol. The molecule has 0 rings (SSSR count). The van der Waals surface area contributed by atoms with Gasteiger partial charge in [-0.25, -0.2) is 0 Å². The van der Waals surface area contributed by atoms with E-state index in [4.69, 9.17) is 5.73 Å². The van der Waals surface area contributed by atoms with Crippen LogP contribution in [-0.4, -0.2) is 32.2 Å². The van der Waals surface area contributed by atoms with Gasteiger partial charge in [0.15, 0.2) is 0 Å². The van der Waals surface area contributed by atoms with Gasteiger partial charge >= 0.3 is 0 Å². The fourth-order valence-corrected chi connectivity index (χ4v) is 0.377. The molecule has 0 aromatic carbocycles. The maximum atomic E-state index is 5.15. The van der Waals surface area contributed by atoms with E-state index >= 15 is 0 Å². The minimum atomic E-state index is 0.938. The molecule has 0 unspecified atom stereocenters. The maximum Gasteiger partial charge on any atom is 0.0984 e. The molecule has 0 bridgehead atoms. The molecule has 0 fully saturated rings. The van der Waals surface area contributed by atoms with Crippen LogP contribution in [0.15, 0.2) is 12.3 Å². The SMILES string of the molecule is C[N+](C)(C)CC=CN. The van der Waals surface area contributed by atoms with Gasteiger partial charge in [-0.2, -0.15) is 0 Å². The zero-order chi connectivity index (χ0) is 6.62. The molecule has 0 radical (unpaired) electrons. The second-order valence-corrected chi connectivity index (χ2v) is 2.90. The van der Waals surface area contributed by atoms with Gasteiger partial charge in [0.1, 0.15) is 0 Å². The third kappa shape index (κ3) is 5.50. The van der Waals surface area contributed by atoms with Gasteiger partial charge in [0.25, 0.3) is 0 Å². The average molecular weight is 115 g/mol. The van der Waals surface area contributed by atoms with E-state index in [-0.39, 0.29) is 0 Å². The van der Waals surface area contributed by atoms with Crippen molar-refractivity contribution in [2.45, 2.75) is 0 Å². The average Bonchev–Trinajstić information content (AvgIpc) is 1.59. The first-order valence-electron chi connectivity index (χ1n) is 2.73. The first kappa shape index (κ1) is 7.50. The quantitative estimate of drug-likeness (QED) is 0.510. The number of rotatable bonds is 2. The molecular weight excluding hydrogens is 100 g/mol. The van der Waals surface area contributed by atoms with Crippen LogP contribution < -0.4 is 5.73 Å². The highest BCUT2D eigenvalue weighted by Gasteiger charge is 2.00. The lowest BCUT2D eigenvalue weighted by Crippen LogP contribution is -2.34. The molecule has 0 heterocycles. The number of quaternary nitrogens is 1. The molecule has 0 aliphatic rings. The summed E-state index contributed by atoms with van der Waals surface area (Å²) in [6.07, 6.45) is 3.55. The summed E-state index contributed by atoms with van der Waals surface area (Å²) < 4.78 is 0.938. The highest BCUT2D eigenvalue weighted by molar-refractivity contribution is 4.74. The number of nitrogens with zero attached hydrogens (tertiary/aromatic N) is 1. The molecule has 0 spiro atoms. The molecule has 0 saturated carbocycles. The summed E-state index contributed by atoms with van der Waals surface area (Å²) in [7, 11) is 6.38. The highest BCUT2D eigenvalue weighted by atomic mass is 15.3. The third-order valence-corrected chi connectivity index (χ3v) is 0.789. The Balaban J connectivity index is 3.39. The Morgan fingerprint density at radius 2 is 1.88 bits per heavy atom. The standard InChI is InChI=1S/C6H15N2/c1-8(2,3)6-4-5-7/h4-5H,6-7H2,1-3H3/q+1. The Hall–Kier alpha value is -0.500. The fourth-order valence-electron chi connectivity index (χ4n) is 0.377. The molecule has 0 aliphatic heterocycles. The molecule has 2 heteroatoms. The molecule has 48 valence electrons. The summed E-state index contributed by atoms with van der Waals surface area (Å²) in [5, 5.41) is 0. The minimum absolute atomic E-state index is 0.938. The first-order valence-corrected chi connectivity index (χ1v) is 2.73. The van der Waals surface area contributed by atoms with E-state index in [1.165, 1.54) is 0 Å². The molecule has 0 atom stereocenters. The van der Waals surface area contributed by atoms with Gasteiger partial charge in [0, 0.05) is 0 Å². The lowest BCUT2D eigenvalue weighted by molar-refractivity contribution is -0.864. The number of hydrogen-bond donors (Lipinski definition) is 1. The van der Waals surface area contributed by atoms with Crippen molar-refractivity contribution in [1.82, 2.24) is 0 Å². The summed E-state index contributed by atoms with van der Waals surface area (Å²) in [4.78, 5) is 0. The summed E-state index contributed by atoms with van der Waals surface area (Å²) in [5.74, 6) is 0. The largest absolute Gasteiger partial charge is 0.405 e. The smallest absolute Gasteiger partial charge is 0.0984 e. The highest BCUT2D eigenvalue weighted by Crippen LogP contribution is 1.87. The van der Waals surface area contributed by atoms with Crippen LogP contribution in [0.25, 0.3) is 0 Å². The van der Waals surface area contributed by atoms with E-state index < -0.39 is 0 Å². The zero-order valence-corrected chi connectivity index (χ0v) is 5.89. The van der Waals surface area contributed by atoms with E-state index in [1.54, 1.807) is 6.20 Å². The third-order valence-electron chi connectivity index (χ3n) is 0.789. The summed E-state index contributed by atoms with van der Waals surface area (Å²) in [6, 6.07) is 0. The molecule has 0 saturated heterocycles. The van der Waals surface area contributed by atoms with Crippen LogP contribution >= 0.6 is 0 Å². The van der Waals surface area contributed by atoms with Gasteiger partial charge in [-0.15, -0.1) is 0 Å². The van der Waals surface area contributed by atoms with Crippen LogP contribution in [0.3, 0.4) is 0 Å². The van der Waals surface area contributed by atoms with Crippen LogP contribution in [0.5, 0.6) is 0 Å². The lowest BCUT2D eigenvalue weighted by Gasteiger charge is -2.21. The van der Waals surface area contributed by atoms with Crippen molar-refractivity contribution in [2.24, 2.45) is 5.73 Å². The molecule has 0 amide bonds. The predicted molar refractivity (Wildman–Crippen MR) is 36.2 cm³/mol. The Labute approximate surface area is 51.2 Å². The van der Waals surface area contributed by atoms with Crippen LogP contribution in [0.1, 0.15) is 0 Å². The van der Waals surface area contributed by atoms with E-state index in [0.717, 1.165) is 11.0 Å². The van der Waals surface area contributed by atoms with E-state index in [9.17, 15) is 0 Å². The molecule has 2 nitrogen and oxygen atoms in total. The van der Waals surface area contributed by atoms with Gasteiger partial charge in [0.05, 0.1) is 27.7 Å². The van der Waals surface area contributed by atoms with Crippen molar-refractivity contribution in [1.29, 1.82) is 0 Å². The molecule has 0 aliphatic carbocycles. The van der Waals surface area contributed by atoms with Crippen molar-refractivity contribution in [2.75, 3.05) is 27.7 Å². The van der Waals surface area contributed by atoms with Crippen molar-refractivity contribution in [3.63, 3.8) is 0 Å². The van der Waals surface area contributed by atoms with E-state index in [0.29, 0.717) is 0 Å². The van der Waals surface area contributed by atoms with Gasteiger partial charge in [0.2, 0.25) is 0 Å². The van der Waals surface area contributed by atoms with Gasteiger partial charge in [-0.3, -0.25) is 0 Å². The maximum absolute atomic E-state index is 5.15. The summed E-state index contributed by atoms with van der Waals surface area (Å²) in [6.45, 7) is 0.997. The lowest BCUT2D eigenvalue weighted by atomic mass is 10.5. The Bertz CT molecular complexity index is 79.0.